The van der Waals surface area contributed by atoms with Crippen molar-refractivity contribution < 1.29 is 87.8 Å². The third kappa shape index (κ3) is 5.78. The van der Waals surface area contributed by atoms with Crippen molar-refractivity contribution in [3.63, 3.8) is 0 Å². The van der Waals surface area contributed by atoms with Gasteiger partial charge in [-0.05, 0) is 6.42 Å². The van der Waals surface area contributed by atoms with E-state index in [1.54, 1.807) is 6.92 Å². The van der Waals surface area contributed by atoms with E-state index >= 15 is 0 Å². The average Bonchev–Trinajstić information content (AvgIpc) is 2.76. The van der Waals surface area contributed by atoms with E-state index in [4.69, 9.17) is 0 Å². The van der Waals surface area contributed by atoms with Crippen molar-refractivity contribution in [2.24, 2.45) is 0 Å². The summed E-state index contributed by atoms with van der Waals surface area (Å²) in [7, 11) is 0. The second-order valence-corrected chi connectivity index (χ2v) is 9.06. The summed E-state index contributed by atoms with van der Waals surface area (Å²) in [5.41, 5.74) is 0. The molecule has 0 bridgehead atoms. The zero-order chi connectivity index (χ0) is 32.7. The van der Waals surface area contributed by atoms with Crippen molar-refractivity contribution in [3.05, 3.63) is 0 Å². The number of rotatable bonds is 17. The molecule has 0 rings (SSSR count). The van der Waals surface area contributed by atoms with Crippen LogP contribution in [0.1, 0.15) is 65.2 Å². The van der Waals surface area contributed by atoms with E-state index in [-0.39, 0.29) is 6.42 Å². The van der Waals surface area contributed by atoms with Crippen LogP contribution >= 0.6 is 0 Å². The van der Waals surface area contributed by atoms with Crippen LogP contribution in [0.15, 0.2) is 0 Å². The highest BCUT2D eigenvalue weighted by molar-refractivity contribution is 5.18. The Kier molecular flexibility index (Phi) is 11.0. The Morgan fingerprint density at radius 2 is 0.575 bits per heavy atom. The largest absolute Gasteiger partial charge is 0.385 e. The molecule has 0 saturated carbocycles. The van der Waals surface area contributed by atoms with Crippen molar-refractivity contribution in [1.82, 2.24) is 0 Å². The van der Waals surface area contributed by atoms with Gasteiger partial charge in [-0.15, -0.1) is 0 Å². The molecule has 0 unspecified atom stereocenters. The minimum Gasteiger partial charge on any atom is -0.200 e. The Labute approximate surface area is 213 Å². The fourth-order valence-electron chi connectivity index (χ4n) is 3.15. The fraction of sp³-hybridized carbons (Fsp3) is 1.00. The maximum Gasteiger partial charge on any atom is 0.385 e. The highest BCUT2D eigenvalue weighted by Gasteiger charge is 2.97. The van der Waals surface area contributed by atoms with Gasteiger partial charge in [0.25, 0.3) is 0 Å². The van der Waals surface area contributed by atoms with E-state index in [1.165, 1.54) is 0 Å². The van der Waals surface area contributed by atoms with Crippen LogP contribution in [-0.4, -0.2) is 59.2 Å². The van der Waals surface area contributed by atoms with E-state index in [0.29, 0.717) is 25.7 Å². The molecule has 0 saturated heterocycles. The predicted molar refractivity (Wildman–Crippen MR) is 97.8 cm³/mol. The van der Waals surface area contributed by atoms with Crippen LogP contribution in [0.5, 0.6) is 0 Å². The molecule has 0 fully saturated rings. The second-order valence-electron chi connectivity index (χ2n) is 9.06. The highest BCUT2D eigenvalue weighted by atomic mass is 19.4. The average molecular weight is 642 g/mol. The molecule has 0 amide bonds. The maximum atomic E-state index is 13.8. The van der Waals surface area contributed by atoms with Crippen LogP contribution in [0.3, 0.4) is 0 Å². The summed E-state index contributed by atoms with van der Waals surface area (Å²) in [6, 6.07) is 0. The summed E-state index contributed by atoms with van der Waals surface area (Å²) >= 11 is 0. The number of hydrogen-bond donors (Lipinski definition) is 0. The lowest BCUT2D eigenvalue weighted by molar-refractivity contribution is -0.468. The number of unbranched alkanes of at least 4 members (excludes halogenated alkanes) is 6. The normalized spacial score (nSPS) is 16.1. The van der Waals surface area contributed by atoms with Crippen LogP contribution in [0.2, 0.25) is 0 Å². The molecule has 0 nitrogen and oxygen atoms in total. The van der Waals surface area contributed by atoms with Gasteiger partial charge in [-0.3, -0.25) is 0 Å². The summed E-state index contributed by atoms with van der Waals surface area (Å²) in [6.45, 7) is 0.410. The zero-order valence-electron chi connectivity index (χ0n) is 20.2. The first-order valence-electron chi connectivity index (χ1n) is 11.1. The summed E-state index contributed by atoms with van der Waals surface area (Å²) in [5, 5.41) is 0. The Bertz CT molecular complexity index is 822. The number of hydrogen-bond acceptors (Lipinski definition) is 0. The summed E-state index contributed by atoms with van der Waals surface area (Å²) in [4.78, 5) is 0. The van der Waals surface area contributed by atoms with Crippen molar-refractivity contribution in [2.75, 3.05) is 0 Å². The molecule has 242 valence electrons. The van der Waals surface area contributed by atoms with Gasteiger partial charge in [-0.2, -0.15) is 87.8 Å². The third-order valence-electron chi connectivity index (χ3n) is 5.87. The van der Waals surface area contributed by atoms with Crippen LogP contribution in [-0.2, 0) is 0 Å². The smallest absolute Gasteiger partial charge is 0.200 e. The van der Waals surface area contributed by atoms with E-state index in [0.717, 1.165) is 0 Å². The van der Waals surface area contributed by atoms with Crippen LogP contribution in [0.4, 0.5) is 87.8 Å². The molecule has 0 radical (unpaired) electrons. The number of alkyl halides is 20. The molecule has 20 heteroatoms. The first-order valence-corrected chi connectivity index (χ1v) is 11.1. The minimum atomic E-state index is -8.96. The van der Waals surface area contributed by atoms with Gasteiger partial charge < -0.3 is 0 Å². The highest BCUT2D eigenvalue weighted by Crippen LogP contribution is 2.66. The van der Waals surface area contributed by atoms with E-state index in [9.17, 15) is 87.8 Å². The van der Waals surface area contributed by atoms with E-state index in [2.05, 4.69) is 0 Å². The van der Waals surface area contributed by atoms with Gasteiger partial charge in [0.15, 0.2) is 0 Å². The van der Waals surface area contributed by atoms with Crippen LogP contribution < -0.4 is 0 Å². The predicted octanol–water partition coefficient (Wildman–Crippen LogP) is 10.5. The fourth-order valence-corrected chi connectivity index (χ4v) is 3.15. The van der Waals surface area contributed by atoms with E-state index < -0.39 is 85.4 Å². The Balaban J connectivity index is 6.46. The lowest BCUT2D eigenvalue weighted by atomic mass is 9.85. The number of halogens is 20. The molecule has 0 aromatic heterocycles. The molecule has 0 heterocycles. The second kappa shape index (κ2) is 11.4. The lowest BCUT2D eigenvalue weighted by Gasteiger charge is -2.45. The molecule has 0 spiro atoms. The van der Waals surface area contributed by atoms with Crippen molar-refractivity contribution in [2.45, 2.75) is 124 Å². The van der Waals surface area contributed by atoms with Crippen molar-refractivity contribution in [1.29, 1.82) is 0 Å². The summed E-state index contributed by atoms with van der Waals surface area (Å²) < 4.78 is 271. The van der Waals surface area contributed by atoms with Gasteiger partial charge in [-0.1, -0.05) is 45.4 Å². The molecule has 0 aliphatic heterocycles. The molecule has 0 aromatic carbocycles. The summed E-state index contributed by atoms with van der Waals surface area (Å²) in [6.07, 6.45) is -1.94. The van der Waals surface area contributed by atoms with Crippen molar-refractivity contribution >= 4 is 0 Å². The Morgan fingerprint density at radius 1 is 0.325 bits per heavy atom. The molecule has 0 aromatic rings. The molecule has 0 atom stereocenters. The SMILES string of the molecule is CCCCCCCCCC(F)(F)C(F)(F)C(F)(F)C(F)(F)C(F)(F)C(F)(F)C(F)(F)C(F)(F)C(F)(F)C(C)(F)F. The lowest BCUT2D eigenvalue weighted by Crippen LogP contribution is -2.76. The first-order chi connectivity index (χ1) is 17.3. The standard InChI is InChI=1S/C20H22F20/c1-3-4-5-6-7-8-9-10-12(23,24)14(27,28)16(31,32)18(35,36)20(39,40)19(37,38)17(33,34)15(29,30)13(25,26)11(2,21)22/h3-10H2,1-2H3. The molecule has 0 N–H and O–H groups in total. The molecular weight excluding hydrogens is 620 g/mol. The molecular formula is C20H22F20. The van der Waals surface area contributed by atoms with Gasteiger partial charge in [0.1, 0.15) is 0 Å². The van der Waals surface area contributed by atoms with Crippen LogP contribution in [0.25, 0.3) is 0 Å². The first kappa shape index (κ1) is 38.6. The van der Waals surface area contributed by atoms with Gasteiger partial charge in [0.2, 0.25) is 0 Å². The van der Waals surface area contributed by atoms with Crippen LogP contribution in [0, 0.1) is 0 Å². The Hall–Kier alpha value is -1.40. The van der Waals surface area contributed by atoms with Gasteiger partial charge in [-0.25, -0.2) is 0 Å². The Morgan fingerprint density at radius 3 is 0.875 bits per heavy atom. The van der Waals surface area contributed by atoms with Gasteiger partial charge >= 0.3 is 59.2 Å². The molecule has 0 aliphatic carbocycles. The maximum absolute atomic E-state index is 13.8. The monoisotopic (exact) mass is 642 g/mol. The van der Waals surface area contributed by atoms with Gasteiger partial charge in [0, 0.05) is 13.3 Å². The minimum absolute atomic E-state index is 0.00321. The third-order valence-corrected chi connectivity index (χ3v) is 5.87. The zero-order valence-corrected chi connectivity index (χ0v) is 20.2. The van der Waals surface area contributed by atoms with E-state index in [1.807, 2.05) is 0 Å². The topological polar surface area (TPSA) is 0 Å². The molecule has 0 aliphatic rings. The van der Waals surface area contributed by atoms with Gasteiger partial charge in [0.05, 0.1) is 0 Å². The quantitative estimate of drug-likeness (QED) is 0.109. The molecule has 40 heavy (non-hydrogen) atoms. The summed E-state index contributed by atoms with van der Waals surface area (Å²) in [5.74, 6) is -80.9. The van der Waals surface area contributed by atoms with Crippen molar-refractivity contribution in [3.8, 4) is 0 Å².